The topological polar surface area (TPSA) is 128 Å². The second-order valence-electron chi connectivity index (χ2n) is 4.98. The van der Waals surface area contributed by atoms with E-state index in [2.05, 4.69) is 10.3 Å². The van der Waals surface area contributed by atoms with Crippen LogP contribution in [0.15, 0.2) is 52.4 Å². The number of nitro groups is 1. The molecule has 3 rings (SSSR count). The number of amides is 1. The molecule has 0 aliphatic carbocycles. The van der Waals surface area contributed by atoms with Crippen LogP contribution >= 0.6 is 11.8 Å². The van der Waals surface area contributed by atoms with Crippen molar-refractivity contribution in [2.75, 3.05) is 0 Å². The highest BCUT2D eigenvalue weighted by Gasteiger charge is 2.24. The summed E-state index contributed by atoms with van der Waals surface area (Å²) in [5.74, 6) is -0.848. The largest absolute Gasteiger partial charge is 0.872 e. The zero-order valence-corrected chi connectivity index (χ0v) is 13.3. The van der Waals surface area contributed by atoms with Crippen molar-refractivity contribution in [3.63, 3.8) is 0 Å². The summed E-state index contributed by atoms with van der Waals surface area (Å²) in [6.07, 6.45) is 1.29. The van der Waals surface area contributed by atoms with E-state index in [1.165, 1.54) is 18.2 Å². The second-order valence-corrected chi connectivity index (χ2v) is 6.01. The molecule has 0 unspecified atom stereocenters. The van der Waals surface area contributed by atoms with E-state index in [1.54, 1.807) is 12.1 Å². The maximum absolute atomic E-state index is 12.0. The van der Waals surface area contributed by atoms with Crippen molar-refractivity contribution in [1.82, 2.24) is 5.32 Å². The van der Waals surface area contributed by atoms with E-state index in [0.29, 0.717) is 5.69 Å². The quantitative estimate of drug-likeness (QED) is 0.493. The maximum Gasteiger partial charge on any atom is 0.269 e. The Morgan fingerprint density at radius 3 is 2.76 bits per heavy atom. The number of amidine groups is 1. The van der Waals surface area contributed by atoms with E-state index >= 15 is 0 Å². The molecule has 0 atom stereocenters. The van der Waals surface area contributed by atoms with Crippen LogP contribution in [-0.4, -0.2) is 21.1 Å². The number of carbonyl (C=O) groups excluding carboxylic acids is 1. The van der Waals surface area contributed by atoms with Crippen LogP contribution in [0.3, 0.4) is 0 Å². The van der Waals surface area contributed by atoms with Gasteiger partial charge in [0.1, 0.15) is 5.75 Å². The van der Waals surface area contributed by atoms with Gasteiger partial charge in [-0.3, -0.25) is 14.9 Å². The molecule has 1 heterocycles. The van der Waals surface area contributed by atoms with Gasteiger partial charge in [-0.15, -0.1) is 5.75 Å². The molecule has 1 amide bonds. The number of hydrogen-bond acceptors (Lipinski definition) is 7. The third kappa shape index (κ3) is 3.78. The van der Waals surface area contributed by atoms with Crippen molar-refractivity contribution >= 4 is 40.3 Å². The Balaban J connectivity index is 1.89. The Labute approximate surface area is 145 Å². The Morgan fingerprint density at radius 2 is 2.04 bits per heavy atom. The molecule has 25 heavy (non-hydrogen) atoms. The van der Waals surface area contributed by atoms with Crippen LogP contribution < -0.4 is 10.4 Å². The Morgan fingerprint density at radius 1 is 1.24 bits per heavy atom. The molecular formula is C16H10N3O5S-. The van der Waals surface area contributed by atoms with Crippen molar-refractivity contribution < 1.29 is 19.9 Å². The summed E-state index contributed by atoms with van der Waals surface area (Å²) in [5.41, 5.74) is 0.262. The standard InChI is InChI=1S/C16H11N3O5S/c20-12-3-1-2-10(8-12)17-16-18-15(22)14(25-16)7-9-6-11(19(23)24)4-5-13(9)21/h1-8,20-21H,(H,17,18,22)/p-1/b14-7-. The van der Waals surface area contributed by atoms with Crippen molar-refractivity contribution in [2.24, 2.45) is 4.99 Å². The fourth-order valence-electron chi connectivity index (χ4n) is 2.06. The number of phenols is 1. The fraction of sp³-hybridized carbons (Fsp3) is 0. The smallest absolute Gasteiger partial charge is 0.269 e. The fourth-order valence-corrected chi connectivity index (χ4v) is 2.90. The molecule has 9 heteroatoms. The lowest BCUT2D eigenvalue weighted by Gasteiger charge is -2.09. The number of nitrogens with one attached hydrogen (secondary N) is 1. The highest BCUT2D eigenvalue weighted by atomic mass is 32.2. The third-order valence-electron chi connectivity index (χ3n) is 3.20. The summed E-state index contributed by atoms with van der Waals surface area (Å²) in [5, 5.41) is 34.9. The van der Waals surface area contributed by atoms with Gasteiger partial charge in [0.25, 0.3) is 11.6 Å². The first-order valence-electron chi connectivity index (χ1n) is 6.96. The van der Waals surface area contributed by atoms with Gasteiger partial charge >= 0.3 is 0 Å². The van der Waals surface area contributed by atoms with Crippen LogP contribution in [0.25, 0.3) is 6.08 Å². The SMILES string of the molecule is O=C1NC(=Nc2cccc(O)c2)S/C1=C\c1cc([N+](=O)[O-])ccc1[O-]. The number of non-ortho nitro benzene ring substituents is 1. The zero-order valence-electron chi connectivity index (χ0n) is 12.5. The lowest BCUT2D eigenvalue weighted by Crippen LogP contribution is -2.19. The first kappa shape index (κ1) is 16.5. The number of rotatable bonds is 3. The van der Waals surface area contributed by atoms with Gasteiger partial charge in [-0.2, -0.15) is 0 Å². The van der Waals surface area contributed by atoms with Crippen molar-refractivity contribution in [1.29, 1.82) is 0 Å². The summed E-state index contributed by atoms with van der Waals surface area (Å²) < 4.78 is 0. The first-order valence-corrected chi connectivity index (χ1v) is 7.78. The van der Waals surface area contributed by atoms with Crippen LogP contribution in [-0.2, 0) is 4.79 Å². The number of nitro benzene ring substituents is 1. The maximum atomic E-state index is 12.0. The minimum absolute atomic E-state index is 0.0412. The number of carbonyl (C=O) groups is 1. The van der Waals surface area contributed by atoms with Gasteiger partial charge in [-0.05, 0) is 35.5 Å². The van der Waals surface area contributed by atoms with Crippen LogP contribution in [0.2, 0.25) is 0 Å². The van der Waals surface area contributed by atoms with Crippen LogP contribution in [0.4, 0.5) is 11.4 Å². The number of aromatic hydroxyl groups is 1. The summed E-state index contributed by atoms with van der Waals surface area (Å²) in [4.78, 5) is 26.6. The predicted octanol–water partition coefficient (Wildman–Crippen LogP) is 2.27. The van der Waals surface area contributed by atoms with Crippen molar-refractivity contribution in [3.8, 4) is 11.5 Å². The Hall–Kier alpha value is -3.33. The van der Waals surface area contributed by atoms with Crippen molar-refractivity contribution in [3.05, 3.63) is 63.0 Å². The highest BCUT2D eigenvalue weighted by molar-refractivity contribution is 8.18. The summed E-state index contributed by atoms with van der Waals surface area (Å²) >= 11 is 0.997. The molecular weight excluding hydrogens is 346 g/mol. The molecule has 1 aliphatic rings. The minimum atomic E-state index is -0.613. The molecule has 2 aromatic carbocycles. The zero-order chi connectivity index (χ0) is 18.0. The molecule has 0 radical (unpaired) electrons. The van der Waals surface area contributed by atoms with Gasteiger partial charge in [0, 0.05) is 18.2 Å². The van der Waals surface area contributed by atoms with Crippen molar-refractivity contribution in [2.45, 2.75) is 0 Å². The van der Waals surface area contributed by atoms with Crippen LogP contribution in [0.5, 0.6) is 11.5 Å². The first-order chi connectivity index (χ1) is 11.9. The van der Waals surface area contributed by atoms with E-state index in [-0.39, 0.29) is 27.1 Å². The molecule has 0 spiro atoms. The molecule has 0 aromatic heterocycles. The second kappa shape index (κ2) is 6.65. The lowest BCUT2D eigenvalue weighted by atomic mass is 10.1. The molecule has 1 saturated heterocycles. The average Bonchev–Trinajstić information content (AvgIpc) is 2.88. The third-order valence-corrected chi connectivity index (χ3v) is 4.11. The van der Waals surface area contributed by atoms with Gasteiger partial charge in [0.2, 0.25) is 0 Å². The van der Waals surface area contributed by atoms with Crippen LogP contribution in [0.1, 0.15) is 5.56 Å². The summed E-state index contributed by atoms with van der Waals surface area (Å²) in [6.45, 7) is 0. The summed E-state index contributed by atoms with van der Waals surface area (Å²) in [6, 6.07) is 9.50. The number of hydrogen-bond donors (Lipinski definition) is 2. The van der Waals surface area contributed by atoms with E-state index in [1.807, 2.05) is 0 Å². The molecule has 0 bridgehead atoms. The molecule has 1 fully saturated rings. The average molecular weight is 356 g/mol. The number of thioether (sulfide) groups is 1. The Bertz CT molecular complexity index is 939. The number of benzene rings is 2. The van der Waals surface area contributed by atoms with Gasteiger partial charge < -0.3 is 15.5 Å². The predicted molar refractivity (Wildman–Crippen MR) is 91.5 cm³/mol. The molecule has 0 saturated carbocycles. The normalized spacial score (nSPS) is 17.0. The molecule has 2 N–H and O–H groups in total. The van der Waals surface area contributed by atoms with Gasteiger partial charge in [0.05, 0.1) is 15.5 Å². The lowest BCUT2D eigenvalue weighted by molar-refractivity contribution is -0.385. The van der Waals surface area contributed by atoms with E-state index < -0.39 is 16.6 Å². The number of nitrogens with zero attached hydrogens (tertiary/aromatic N) is 2. The van der Waals surface area contributed by atoms with Gasteiger partial charge in [-0.25, -0.2) is 4.99 Å². The molecule has 8 nitrogen and oxygen atoms in total. The summed E-state index contributed by atoms with van der Waals surface area (Å²) in [7, 11) is 0. The molecule has 1 aliphatic heterocycles. The van der Waals surface area contributed by atoms with E-state index in [0.717, 1.165) is 30.0 Å². The monoisotopic (exact) mass is 356 g/mol. The number of phenolic OH excluding ortho intramolecular Hbond substituents is 1. The minimum Gasteiger partial charge on any atom is -0.872 e. The van der Waals surface area contributed by atoms with Gasteiger partial charge in [0.15, 0.2) is 5.17 Å². The van der Waals surface area contributed by atoms with E-state index in [9.17, 15) is 25.1 Å². The van der Waals surface area contributed by atoms with Gasteiger partial charge in [-0.1, -0.05) is 12.1 Å². The Kier molecular flexibility index (Phi) is 4.40. The number of aliphatic imine (C=N–C) groups is 1. The highest BCUT2D eigenvalue weighted by Crippen LogP contribution is 2.31. The molecule has 126 valence electrons. The van der Waals surface area contributed by atoms with Crippen LogP contribution in [0, 0.1) is 10.1 Å². The molecule has 2 aromatic rings. The van der Waals surface area contributed by atoms with E-state index in [4.69, 9.17) is 0 Å².